The van der Waals surface area contributed by atoms with Gasteiger partial charge < -0.3 is 4.43 Å². The standard InChI is InChI=1S/C38H44O3PSi/c1-38(2,3)43(31-20-12-6-13-21-31,32-22-14-7-15-23-32)41-28-35-33-24-26-36(39)37(27-25-34(33)35)42(40,29-16-8-4-9-17-29)30-18-10-5-11-19-30/h4-23,33-35,37,40H,24-28H2,1-3H3/q+1/t33-,34+,35+,37?/m1/s1. The summed E-state index contributed by atoms with van der Waals surface area (Å²) in [5.41, 5.74) is -0.364. The Morgan fingerprint density at radius 2 is 1.14 bits per heavy atom. The number of hydrogen-bond donors (Lipinski definition) is 1. The molecule has 1 N–H and O–H groups in total. The highest BCUT2D eigenvalue weighted by molar-refractivity contribution is 7.85. The lowest BCUT2D eigenvalue weighted by Gasteiger charge is -2.43. The van der Waals surface area contributed by atoms with Crippen LogP contribution in [0.15, 0.2) is 121 Å². The number of fused-ring (bicyclic) bond motifs is 1. The van der Waals surface area contributed by atoms with Crippen molar-refractivity contribution in [1.82, 2.24) is 0 Å². The molecule has 0 amide bonds. The van der Waals surface area contributed by atoms with Gasteiger partial charge >= 0.3 is 0 Å². The minimum atomic E-state index is -2.90. The van der Waals surface area contributed by atoms with Gasteiger partial charge in [0.05, 0.1) is 0 Å². The third-order valence-electron chi connectivity index (χ3n) is 10.0. The van der Waals surface area contributed by atoms with E-state index in [9.17, 15) is 9.69 Å². The molecule has 3 nitrogen and oxygen atoms in total. The second-order valence-electron chi connectivity index (χ2n) is 13.4. The zero-order chi connectivity index (χ0) is 30.1. The monoisotopic (exact) mass is 607 g/mol. The summed E-state index contributed by atoms with van der Waals surface area (Å²) in [6.45, 7) is 7.71. The van der Waals surface area contributed by atoms with Crippen molar-refractivity contribution < 1.29 is 14.1 Å². The van der Waals surface area contributed by atoms with Crippen molar-refractivity contribution in [1.29, 1.82) is 0 Å². The molecule has 4 aromatic carbocycles. The maximum atomic E-state index is 13.9. The first-order valence-corrected chi connectivity index (χ1v) is 19.5. The van der Waals surface area contributed by atoms with Gasteiger partial charge in [0.1, 0.15) is 10.6 Å². The second-order valence-corrected chi connectivity index (χ2v) is 20.8. The van der Waals surface area contributed by atoms with Gasteiger partial charge in [-0.2, -0.15) is 0 Å². The van der Waals surface area contributed by atoms with E-state index >= 15 is 0 Å². The molecule has 2 fully saturated rings. The van der Waals surface area contributed by atoms with Crippen molar-refractivity contribution >= 4 is 42.6 Å². The molecule has 0 spiro atoms. The molecule has 5 heteroatoms. The van der Waals surface area contributed by atoms with Crippen LogP contribution >= 0.6 is 7.49 Å². The van der Waals surface area contributed by atoms with Gasteiger partial charge in [-0.15, -0.1) is 0 Å². The van der Waals surface area contributed by atoms with Gasteiger partial charge in [0.25, 0.3) is 8.32 Å². The molecule has 1 unspecified atom stereocenters. The number of hydrogen-bond acceptors (Lipinski definition) is 3. The molecule has 0 aromatic heterocycles. The first-order chi connectivity index (χ1) is 20.8. The minimum absolute atomic E-state index is 0.0586. The first kappa shape index (κ1) is 30.2. The van der Waals surface area contributed by atoms with E-state index in [0.29, 0.717) is 24.2 Å². The summed E-state index contributed by atoms with van der Waals surface area (Å²) in [5.74, 6) is 1.73. The van der Waals surface area contributed by atoms with Crippen molar-refractivity contribution in [3.05, 3.63) is 121 Å². The molecule has 6 rings (SSSR count). The molecule has 43 heavy (non-hydrogen) atoms. The molecule has 2 aliphatic rings. The summed E-state index contributed by atoms with van der Waals surface area (Å²) in [7, 11) is -5.51. The van der Waals surface area contributed by atoms with Gasteiger partial charge in [-0.05, 0) is 76.7 Å². The van der Waals surface area contributed by atoms with Gasteiger partial charge in [-0.3, -0.25) is 4.79 Å². The molecule has 222 valence electrons. The number of carbonyl (C=O) groups is 1. The first-order valence-electron chi connectivity index (χ1n) is 15.8. The highest BCUT2D eigenvalue weighted by Crippen LogP contribution is 2.62. The summed E-state index contributed by atoms with van der Waals surface area (Å²) in [4.78, 5) is 26.4. The Morgan fingerprint density at radius 1 is 0.698 bits per heavy atom. The van der Waals surface area contributed by atoms with E-state index in [1.165, 1.54) is 10.4 Å². The van der Waals surface area contributed by atoms with E-state index in [1.54, 1.807) is 0 Å². The Morgan fingerprint density at radius 3 is 1.60 bits per heavy atom. The number of Topliss-reactive ketones (excluding diaryl/α,β-unsaturated/α-hetero) is 1. The Balaban J connectivity index is 1.26. The number of carbonyl (C=O) groups excluding carboxylic acids is 1. The third-order valence-corrected chi connectivity index (χ3v) is 18.7. The molecule has 0 saturated heterocycles. The van der Waals surface area contributed by atoms with Crippen LogP contribution in [0.2, 0.25) is 5.04 Å². The van der Waals surface area contributed by atoms with Crippen LogP contribution in [0, 0.1) is 17.8 Å². The Labute approximate surface area is 258 Å². The summed E-state index contributed by atoms with van der Waals surface area (Å²) in [6.07, 6.45) is 3.10. The topological polar surface area (TPSA) is 46.5 Å². The fraction of sp³-hybridized carbons (Fsp3) is 0.342. The molecular formula is C38H44O3PSi+. The van der Waals surface area contributed by atoms with Crippen molar-refractivity contribution in [2.45, 2.75) is 57.2 Å². The van der Waals surface area contributed by atoms with E-state index < -0.39 is 15.8 Å². The summed E-state index contributed by atoms with van der Waals surface area (Å²) in [5, 5.41) is 4.36. The zero-order valence-electron chi connectivity index (χ0n) is 25.6. The van der Waals surface area contributed by atoms with Crippen molar-refractivity contribution in [2.24, 2.45) is 17.8 Å². The lowest BCUT2D eigenvalue weighted by Crippen LogP contribution is -2.66. The fourth-order valence-corrected chi connectivity index (χ4v) is 15.8. The molecule has 0 heterocycles. The van der Waals surface area contributed by atoms with Crippen LogP contribution in [0.4, 0.5) is 0 Å². The Hall–Kier alpha value is -2.88. The van der Waals surface area contributed by atoms with Crippen LogP contribution in [0.25, 0.3) is 0 Å². The van der Waals surface area contributed by atoms with Crippen LogP contribution < -0.4 is 21.0 Å². The van der Waals surface area contributed by atoms with E-state index in [4.69, 9.17) is 4.43 Å². The zero-order valence-corrected chi connectivity index (χ0v) is 27.5. The molecule has 4 aromatic rings. The minimum Gasteiger partial charge on any atom is -0.407 e. The van der Waals surface area contributed by atoms with Crippen LogP contribution in [0.1, 0.15) is 46.5 Å². The average molecular weight is 608 g/mol. The van der Waals surface area contributed by atoms with Gasteiger partial charge in [0.15, 0.2) is 11.4 Å². The van der Waals surface area contributed by atoms with Crippen LogP contribution in [0.5, 0.6) is 0 Å². The van der Waals surface area contributed by atoms with Gasteiger partial charge in [-0.1, -0.05) is 118 Å². The highest BCUT2D eigenvalue weighted by atomic mass is 31.2. The van der Waals surface area contributed by atoms with Crippen molar-refractivity contribution in [2.75, 3.05) is 6.61 Å². The quantitative estimate of drug-likeness (QED) is 0.184. The number of ketones is 1. The average Bonchev–Trinajstić information content (AvgIpc) is 3.70. The van der Waals surface area contributed by atoms with E-state index in [1.807, 2.05) is 60.7 Å². The number of rotatable bonds is 8. The fourth-order valence-electron chi connectivity index (χ4n) is 7.81. The molecule has 2 saturated carbocycles. The summed E-state index contributed by atoms with van der Waals surface area (Å²) >= 11 is 0. The van der Waals surface area contributed by atoms with E-state index in [0.717, 1.165) is 36.5 Å². The lowest BCUT2D eigenvalue weighted by molar-refractivity contribution is -0.119. The molecule has 0 bridgehead atoms. The molecular weight excluding hydrogens is 563 g/mol. The predicted molar refractivity (Wildman–Crippen MR) is 183 cm³/mol. The largest absolute Gasteiger partial charge is 0.407 e. The van der Waals surface area contributed by atoms with Crippen molar-refractivity contribution in [3.8, 4) is 0 Å². The van der Waals surface area contributed by atoms with Crippen LogP contribution in [-0.4, -0.2) is 31.3 Å². The summed E-state index contributed by atoms with van der Waals surface area (Å²) in [6, 6.07) is 41.6. The van der Waals surface area contributed by atoms with Gasteiger partial charge in [-0.25, -0.2) is 4.89 Å². The maximum absolute atomic E-state index is 13.9. The Bertz CT molecular complexity index is 1430. The normalized spacial score (nSPS) is 22.7. The van der Waals surface area contributed by atoms with Crippen LogP contribution in [-0.2, 0) is 9.22 Å². The SMILES string of the molecule is CC(C)(C)[Si](OC[C@H]1[C@@H]2CCC(=O)C([P+](O)(c3ccccc3)c3ccccc3)CC[C@@H]21)(c1ccccc1)c1ccccc1. The van der Waals surface area contributed by atoms with Gasteiger partial charge in [0.2, 0.25) is 7.49 Å². The lowest BCUT2D eigenvalue weighted by atomic mass is 9.99. The van der Waals surface area contributed by atoms with E-state index in [2.05, 4.69) is 81.4 Å². The van der Waals surface area contributed by atoms with Crippen LogP contribution in [0.3, 0.4) is 0 Å². The molecule has 0 aliphatic heterocycles. The second kappa shape index (κ2) is 12.2. The third kappa shape index (κ3) is 5.60. The maximum Gasteiger partial charge on any atom is 0.261 e. The van der Waals surface area contributed by atoms with Gasteiger partial charge in [0, 0.05) is 13.0 Å². The molecule has 2 aliphatic carbocycles. The smallest absolute Gasteiger partial charge is 0.261 e. The highest BCUT2D eigenvalue weighted by Gasteiger charge is 2.58. The predicted octanol–water partition coefficient (Wildman–Crippen LogP) is 6.51. The molecule has 4 atom stereocenters. The number of benzene rings is 4. The molecule has 0 radical (unpaired) electrons. The van der Waals surface area contributed by atoms with Crippen molar-refractivity contribution in [3.63, 3.8) is 0 Å². The van der Waals surface area contributed by atoms with E-state index in [-0.39, 0.29) is 16.5 Å². The Kier molecular flexibility index (Phi) is 8.59. The summed E-state index contributed by atoms with van der Waals surface area (Å²) < 4.78 is 7.33.